The Bertz CT molecular complexity index is 1770. The van der Waals surface area contributed by atoms with Crippen molar-refractivity contribution >= 4 is 46.6 Å². The zero-order valence-corrected chi connectivity index (χ0v) is 25.4. The molecule has 1 atom stereocenters. The molecule has 7 nitrogen and oxygen atoms in total. The van der Waals surface area contributed by atoms with Crippen LogP contribution in [0.15, 0.2) is 102 Å². The predicted molar refractivity (Wildman–Crippen MR) is 168 cm³/mol. The van der Waals surface area contributed by atoms with Crippen LogP contribution in [-0.4, -0.2) is 23.0 Å². The van der Waals surface area contributed by atoms with Gasteiger partial charge in [-0.3, -0.25) is 0 Å². The third-order valence-corrected chi connectivity index (χ3v) is 10.2. The highest BCUT2D eigenvalue weighted by molar-refractivity contribution is 7.53. The number of para-hydroxylation sites is 2. The number of hydrogen-bond acceptors (Lipinski definition) is 6. The molecule has 214 valence electrons. The number of halogens is 1. The summed E-state index contributed by atoms with van der Waals surface area (Å²) in [6, 6.07) is 29.0. The Labute approximate surface area is 253 Å². The molecule has 1 aromatic heterocycles. The van der Waals surface area contributed by atoms with E-state index in [0.29, 0.717) is 34.7 Å². The van der Waals surface area contributed by atoms with Gasteiger partial charge in [0.1, 0.15) is 17.3 Å². The normalized spacial score (nSPS) is 15.9. The van der Waals surface area contributed by atoms with Crippen molar-refractivity contribution in [3.63, 3.8) is 0 Å². The topological polar surface area (TPSA) is 80.6 Å². The highest BCUT2D eigenvalue weighted by atomic mass is 35.5. The molecule has 1 unspecified atom stereocenters. The van der Waals surface area contributed by atoms with Gasteiger partial charge in [0.15, 0.2) is 11.5 Å². The maximum Gasteiger partial charge on any atom is 0.564 e. The quantitative estimate of drug-likeness (QED) is 0.175. The van der Waals surface area contributed by atoms with Crippen molar-refractivity contribution in [3.05, 3.63) is 118 Å². The van der Waals surface area contributed by atoms with Gasteiger partial charge in [0.05, 0.1) is 24.7 Å². The lowest BCUT2D eigenvalue weighted by Crippen LogP contribution is -2.38. The van der Waals surface area contributed by atoms with Gasteiger partial charge in [-0.2, -0.15) is 0 Å². The van der Waals surface area contributed by atoms with Gasteiger partial charge in [0, 0.05) is 21.4 Å². The number of benzene rings is 4. The van der Waals surface area contributed by atoms with E-state index >= 15 is 0 Å². The molecular weight excluding hydrogens is 591 g/mol. The minimum atomic E-state index is -4.15. The van der Waals surface area contributed by atoms with Gasteiger partial charge in [-0.25, -0.2) is 4.57 Å². The summed E-state index contributed by atoms with van der Waals surface area (Å²) in [6.45, 7) is 2.45. The van der Waals surface area contributed by atoms with E-state index in [0.717, 1.165) is 26.1 Å². The van der Waals surface area contributed by atoms with Crippen molar-refractivity contribution in [3.8, 4) is 23.0 Å². The van der Waals surface area contributed by atoms with Crippen molar-refractivity contribution in [2.24, 2.45) is 4.76 Å². The summed E-state index contributed by atoms with van der Waals surface area (Å²) in [6.07, 6.45) is 0.278. The summed E-state index contributed by atoms with van der Waals surface area (Å²) in [5, 5.41) is 12.2. The van der Waals surface area contributed by atoms with Crippen molar-refractivity contribution in [2.45, 2.75) is 25.9 Å². The molecular formula is C32H28ClN2O5PS. The molecule has 4 aromatic carbocycles. The zero-order chi connectivity index (χ0) is 29.3. The summed E-state index contributed by atoms with van der Waals surface area (Å²) >= 11 is 8.49. The van der Waals surface area contributed by atoms with Crippen LogP contribution in [-0.2, 0) is 17.5 Å². The van der Waals surface area contributed by atoms with Crippen LogP contribution in [0.4, 0.5) is 0 Å². The molecule has 42 heavy (non-hydrogen) atoms. The van der Waals surface area contributed by atoms with Crippen molar-refractivity contribution in [2.75, 3.05) is 7.11 Å². The number of hydrogen-bond donors (Lipinski definition) is 1. The number of ether oxygens (including phenoxy) is 1. The number of methoxy groups -OCH3 is 1. The van der Waals surface area contributed by atoms with Gasteiger partial charge in [0.25, 0.3) is 0 Å². The van der Waals surface area contributed by atoms with Crippen LogP contribution in [0, 0.1) is 0 Å². The molecule has 0 fully saturated rings. The smallest absolute Gasteiger partial charge is 0.504 e. The number of fused-ring (bicyclic) bond motifs is 2. The van der Waals surface area contributed by atoms with E-state index in [1.165, 1.54) is 7.11 Å². The van der Waals surface area contributed by atoms with Gasteiger partial charge in [-0.1, -0.05) is 66.2 Å². The molecule has 0 amide bonds. The number of phenolic OH excluding ortho intramolecular Hbond substituents is 1. The molecule has 1 N–H and O–H groups in total. The van der Waals surface area contributed by atoms with Crippen molar-refractivity contribution in [1.82, 2.24) is 4.90 Å². The molecule has 0 bridgehead atoms. The lowest BCUT2D eigenvalue weighted by atomic mass is 9.92. The predicted octanol–water partition coefficient (Wildman–Crippen LogP) is 9.05. The van der Waals surface area contributed by atoms with Crippen LogP contribution >= 0.6 is 30.7 Å². The van der Waals surface area contributed by atoms with E-state index in [2.05, 4.69) is 4.90 Å². The summed E-state index contributed by atoms with van der Waals surface area (Å²) in [5.41, 5.74) is 1.80. The third kappa shape index (κ3) is 5.71. The number of thiophene rings is 1. The molecule has 0 saturated carbocycles. The Morgan fingerprint density at radius 2 is 1.60 bits per heavy atom. The minimum Gasteiger partial charge on any atom is -0.504 e. The molecule has 0 saturated heterocycles. The Morgan fingerprint density at radius 1 is 0.976 bits per heavy atom. The second-order valence-corrected chi connectivity index (χ2v) is 12.8. The second kappa shape index (κ2) is 11.7. The lowest BCUT2D eigenvalue weighted by Gasteiger charge is -2.38. The molecule has 6 rings (SSSR count). The van der Waals surface area contributed by atoms with Gasteiger partial charge < -0.3 is 23.8 Å². The maximum atomic E-state index is 14.5. The SMILES string of the molecule is COc1cc2c(cc1O)C/C(=N/P(=O)(Oc1ccccc1)Oc1ccccc1)N(Cc1sc3ccccc3c1Cl)C2C. The first-order chi connectivity index (χ1) is 20.3. The zero-order valence-electron chi connectivity index (χ0n) is 22.9. The highest BCUT2D eigenvalue weighted by Gasteiger charge is 2.36. The largest absolute Gasteiger partial charge is 0.564 e. The summed E-state index contributed by atoms with van der Waals surface area (Å²) in [7, 11) is -2.63. The van der Waals surface area contributed by atoms with E-state index in [-0.39, 0.29) is 18.2 Å². The van der Waals surface area contributed by atoms with Crippen molar-refractivity contribution < 1.29 is 23.5 Å². The number of nitrogens with zero attached hydrogens (tertiary/aromatic N) is 2. The molecule has 0 spiro atoms. The van der Waals surface area contributed by atoms with Gasteiger partial charge in [0.2, 0.25) is 0 Å². The van der Waals surface area contributed by atoms with Gasteiger partial charge in [-0.05, 0) is 60.5 Å². The van der Waals surface area contributed by atoms with E-state index in [9.17, 15) is 9.67 Å². The number of amidine groups is 1. The summed E-state index contributed by atoms with van der Waals surface area (Å²) in [4.78, 5) is 3.01. The Hall–Kier alpha value is -3.97. The lowest BCUT2D eigenvalue weighted by molar-refractivity contribution is 0.311. The second-order valence-electron chi connectivity index (χ2n) is 9.83. The third-order valence-electron chi connectivity index (χ3n) is 7.12. The molecule has 10 heteroatoms. The molecule has 0 radical (unpaired) electrons. The average molecular weight is 619 g/mol. The standard InChI is InChI=1S/C32H28ClN2O5PS/c1-21-26-19-28(38-2)27(36)17-22(26)18-31(35(21)20-30-32(33)25-15-9-10-16-29(25)42-30)34-41(37,39-23-11-5-3-6-12-23)40-24-13-7-4-8-14-24/h3-17,19,21,36H,18,20H2,1-2H3/b34-31-. The number of aromatic hydroxyl groups is 1. The summed E-state index contributed by atoms with van der Waals surface area (Å²) in [5.74, 6) is 1.63. The summed E-state index contributed by atoms with van der Waals surface area (Å²) < 4.78 is 37.7. The number of phenols is 1. The molecule has 1 aliphatic rings. The maximum absolute atomic E-state index is 14.5. The van der Waals surface area contributed by atoms with Crippen LogP contribution in [0.1, 0.15) is 29.0 Å². The highest BCUT2D eigenvalue weighted by Crippen LogP contribution is 2.52. The minimum absolute atomic E-state index is 0.0213. The first-order valence-corrected chi connectivity index (χ1v) is 16.0. The fourth-order valence-electron chi connectivity index (χ4n) is 5.07. The van der Waals surface area contributed by atoms with E-state index in [1.54, 1.807) is 65.9 Å². The van der Waals surface area contributed by atoms with Crippen LogP contribution in [0.3, 0.4) is 0 Å². The molecule has 0 aliphatic carbocycles. The number of rotatable bonds is 8. The fraction of sp³-hybridized carbons (Fsp3) is 0.156. The fourth-order valence-corrected chi connectivity index (χ4v) is 7.92. The molecule has 2 heterocycles. The Morgan fingerprint density at radius 3 is 2.21 bits per heavy atom. The van der Waals surface area contributed by atoms with Crippen LogP contribution in [0.5, 0.6) is 23.0 Å². The van der Waals surface area contributed by atoms with E-state index < -0.39 is 7.75 Å². The van der Waals surface area contributed by atoms with E-state index in [1.807, 2.05) is 49.4 Å². The molecule has 1 aliphatic heterocycles. The van der Waals surface area contributed by atoms with Crippen molar-refractivity contribution in [1.29, 1.82) is 0 Å². The van der Waals surface area contributed by atoms with E-state index in [4.69, 9.17) is 30.1 Å². The molecule has 5 aromatic rings. The average Bonchev–Trinajstić information content (AvgIpc) is 3.30. The Balaban J connectivity index is 1.47. The van der Waals surface area contributed by atoms with Gasteiger partial charge >= 0.3 is 7.75 Å². The Kier molecular flexibility index (Phi) is 7.86. The van der Waals surface area contributed by atoms with Crippen LogP contribution in [0.25, 0.3) is 10.1 Å². The van der Waals surface area contributed by atoms with Crippen LogP contribution in [0.2, 0.25) is 5.02 Å². The first-order valence-electron chi connectivity index (χ1n) is 13.3. The first kappa shape index (κ1) is 28.2. The van der Waals surface area contributed by atoms with Gasteiger partial charge in [-0.15, -0.1) is 16.1 Å². The van der Waals surface area contributed by atoms with Crippen LogP contribution < -0.4 is 13.8 Å². The monoisotopic (exact) mass is 618 g/mol.